The maximum Gasteiger partial charge on any atom is 0.0679 e. The van der Waals surface area contributed by atoms with Crippen molar-refractivity contribution in [2.45, 2.75) is 52.1 Å². The van der Waals surface area contributed by atoms with E-state index < -0.39 is 5.60 Å². The summed E-state index contributed by atoms with van der Waals surface area (Å²) in [6.45, 7) is 10.0. The van der Waals surface area contributed by atoms with E-state index in [-0.39, 0.29) is 0 Å². The lowest BCUT2D eigenvalue weighted by Gasteiger charge is -2.25. The van der Waals surface area contributed by atoms with Crippen molar-refractivity contribution in [2.24, 2.45) is 0 Å². The standard InChI is InChI=1S/C10H20O/c1-5-9(4)8-10(11,6-2)7-3/h11H,4-8H2,1-3H3. The van der Waals surface area contributed by atoms with E-state index in [1.807, 2.05) is 13.8 Å². The Labute approximate surface area is 70.1 Å². The maximum atomic E-state index is 9.87. The van der Waals surface area contributed by atoms with Crippen LogP contribution < -0.4 is 0 Å². The van der Waals surface area contributed by atoms with Gasteiger partial charge in [-0.25, -0.2) is 0 Å². The van der Waals surface area contributed by atoms with Gasteiger partial charge in [0.2, 0.25) is 0 Å². The van der Waals surface area contributed by atoms with Crippen LogP contribution in [-0.2, 0) is 0 Å². The van der Waals surface area contributed by atoms with Gasteiger partial charge in [0.25, 0.3) is 0 Å². The summed E-state index contributed by atoms with van der Waals surface area (Å²) in [5.41, 5.74) is 0.656. The van der Waals surface area contributed by atoms with Gasteiger partial charge in [0, 0.05) is 0 Å². The lowest BCUT2D eigenvalue weighted by Crippen LogP contribution is -2.26. The normalized spacial score (nSPS) is 11.6. The molecule has 0 bridgehead atoms. The van der Waals surface area contributed by atoms with Crippen LogP contribution in [0.2, 0.25) is 0 Å². The third kappa shape index (κ3) is 3.57. The number of hydrogen-bond acceptors (Lipinski definition) is 1. The van der Waals surface area contributed by atoms with E-state index >= 15 is 0 Å². The van der Waals surface area contributed by atoms with E-state index in [2.05, 4.69) is 13.5 Å². The molecule has 0 aliphatic heterocycles. The smallest absolute Gasteiger partial charge is 0.0679 e. The fraction of sp³-hybridized carbons (Fsp3) is 0.800. The molecule has 0 atom stereocenters. The monoisotopic (exact) mass is 156 g/mol. The van der Waals surface area contributed by atoms with Crippen molar-refractivity contribution >= 4 is 0 Å². The summed E-state index contributed by atoms with van der Waals surface area (Å²) in [4.78, 5) is 0. The highest BCUT2D eigenvalue weighted by Gasteiger charge is 2.21. The molecule has 0 radical (unpaired) electrons. The van der Waals surface area contributed by atoms with Crippen LogP contribution in [0.5, 0.6) is 0 Å². The van der Waals surface area contributed by atoms with Crippen molar-refractivity contribution in [1.82, 2.24) is 0 Å². The van der Waals surface area contributed by atoms with Crippen molar-refractivity contribution < 1.29 is 5.11 Å². The predicted octanol–water partition coefficient (Wildman–Crippen LogP) is 2.89. The Bertz CT molecular complexity index is 123. The van der Waals surface area contributed by atoms with Crippen LogP contribution in [0.4, 0.5) is 0 Å². The molecule has 0 saturated heterocycles. The highest BCUT2D eigenvalue weighted by Crippen LogP contribution is 2.24. The fourth-order valence-corrected chi connectivity index (χ4v) is 1.09. The van der Waals surface area contributed by atoms with Gasteiger partial charge in [0.05, 0.1) is 5.60 Å². The van der Waals surface area contributed by atoms with E-state index in [4.69, 9.17) is 0 Å². The van der Waals surface area contributed by atoms with Gasteiger partial charge >= 0.3 is 0 Å². The quantitative estimate of drug-likeness (QED) is 0.607. The maximum absolute atomic E-state index is 9.87. The third-order valence-electron chi connectivity index (χ3n) is 2.40. The lowest BCUT2D eigenvalue weighted by molar-refractivity contribution is 0.0322. The Morgan fingerprint density at radius 2 is 1.73 bits per heavy atom. The Balaban J connectivity index is 3.96. The van der Waals surface area contributed by atoms with Gasteiger partial charge in [-0.05, 0) is 25.7 Å². The van der Waals surface area contributed by atoms with Crippen LogP contribution in [0, 0.1) is 0 Å². The molecule has 11 heavy (non-hydrogen) atoms. The van der Waals surface area contributed by atoms with Crippen LogP contribution in [0.1, 0.15) is 46.5 Å². The Kier molecular flexibility index (Phi) is 4.43. The molecule has 0 aliphatic rings. The largest absolute Gasteiger partial charge is 0.390 e. The van der Waals surface area contributed by atoms with Crippen molar-refractivity contribution in [3.8, 4) is 0 Å². The minimum Gasteiger partial charge on any atom is -0.390 e. The molecule has 0 fully saturated rings. The lowest BCUT2D eigenvalue weighted by atomic mass is 9.89. The van der Waals surface area contributed by atoms with Crippen LogP contribution in [0.15, 0.2) is 12.2 Å². The SMILES string of the molecule is C=C(CC)CC(O)(CC)CC. The second-order valence-corrected chi connectivity index (χ2v) is 3.21. The summed E-state index contributed by atoms with van der Waals surface area (Å²) in [7, 11) is 0. The van der Waals surface area contributed by atoms with E-state index in [0.717, 1.165) is 31.3 Å². The second-order valence-electron chi connectivity index (χ2n) is 3.21. The third-order valence-corrected chi connectivity index (χ3v) is 2.40. The summed E-state index contributed by atoms with van der Waals surface area (Å²) < 4.78 is 0. The highest BCUT2D eigenvalue weighted by atomic mass is 16.3. The molecule has 1 N–H and O–H groups in total. The van der Waals surface area contributed by atoms with Crippen LogP contribution in [0.3, 0.4) is 0 Å². The first-order valence-corrected chi connectivity index (χ1v) is 4.47. The van der Waals surface area contributed by atoms with Crippen molar-refractivity contribution in [1.29, 1.82) is 0 Å². The highest BCUT2D eigenvalue weighted by molar-refractivity contribution is 4.99. The first-order valence-electron chi connectivity index (χ1n) is 4.47. The summed E-state index contributed by atoms with van der Waals surface area (Å²) in [6, 6.07) is 0. The fourth-order valence-electron chi connectivity index (χ4n) is 1.09. The van der Waals surface area contributed by atoms with Gasteiger partial charge < -0.3 is 5.11 Å². The Hall–Kier alpha value is -0.300. The minimum absolute atomic E-state index is 0.493. The molecular formula is C10H20O. The number of aliphatic hydroxyl groups is 1. The zero-order valence-corrected chi connectivity index (χ0v) is 7.98. The molecule has 1 nitrogen and oxygen atoms in total. The van der Waals surface area contributed by atoms with Gasteiger partial charge in [-0.15, -0.1) is 0 Å². The van der Waals surface area contributed by atoms with E-state index in [9.17, 15) is 5.11 Å². The Morgan fingerprint density at radius 1 is 1.27 bits per heavy atom. The van der Waals surface area contributed by atoms with Crippen LogP contribution >= 0.6 is 0 Å². The molecule has 0 saturated carbocycles. The summed E-state index contributed by atoms with van der Waals surface area (Å²) in [6.07, 6.45) is 3.38. The van der Waals surface area contributed by atoms with Crippen LogP contribution in [0.25, 0.3) is 0 Å². The van der Waals surface area contributed by atoms with Crippen molar-refractivity contribution in [3.63, 3.8) is 0 Å². The van der Waals surface area contributed by atoms with E-state index in [1.165, 1.54) is 0 Å². The molecule has 0 spiro atoms. The molecule has 1 heteroatoms. The average molecular weight is 156 g/mol. The molecule has 0 aromatic rings. The molecule has 0 rings (SSSR count). The zero-order valence-electron chi connectivity index (χ0n) is 7.98. The van der Waals surface area contributed by atoms with Crippen LogP contribution in [-0.4, -0.2) is 10.7 Å². The summed E-state index contributed by atoms with van der Waals surface area (Å²) in [5.74, 6) is 0. The van der Waals surface area contributed by atoms with Crippen molar-refractivity contribution in [3.05, 3.63) is 12.2 Å². The van der Waals surface area contributed by atoms with Gasteiger partial charge in [0.1, 0.15) is 0 Å². The van der Waals surface area contributed by atoms with E-state index in [1.54, 1.807) is 0 Å². The molecule has 0 aliphatic carbocycles. The van der Waals surface area contributed by atoms with Gasteiger partial charge in [0.15, 0.2) is 0 Å². The van der Waals surface area contributed by atoms with E-state index in [0.29, 0.717) is 0 Å². The van der Waals surface area contributed by atoms with Gasteiger partial charge in [-0.3, -0.25) is 0 Å². The number of rotatable bonds is 5. The molecular weight excluding hydrogens is 136 g/mol. The molecule has 0 unspecified atom stereocenters. The van der Waals surface area contributed by atoms with Gasteiger partial charge in [-0.2, -0.15) is 0 Å². The summed E-state index contributed by atoms with van der Waals surface area (Å²) in [5, 5.41) is 9.87. The molecule has 0 heterocycles. The average Bonchev–Trinajstić information content (AvgIpc) is 2.04. The van der Waals surface area contributed by atoms with Crippen molar-refractivity contribution in [2.75, 3.05) is 0 Å². The number of hydrogen-bond donors (Lipinski definition) is 1. The molecule has 0 amide bonds. The minimum atomic E-state index is -0.493. The van der Waals surface area contributed by atoms with Gasteiger partial charge in [-0.1, -0.05) is 32.9 Å². The Morgan fingerprint density at radius 3 is 2.00 bits per heavy atom. The molecule has 66 valence electrons. The predicted molar refractivity (Wildman–Crippen MR) is 49.6 cm³/mol. The topological polar surface area (TPSA) is 20.2 Å². The second kappa shape index (κ2) is 4.55. The zero-order chi connectivity index (χ0) is 8.91. The summed E-state index contributed by atoms with van der Waals surface area (Å²) >= 11 is 0. The first-order chi connectivity index (χ1) is 5.08. The first kappa shape index (κ1) is 10.7. The molecule has 0 aromatic carbocycles. The molecule has 0 aromatic heterocycles.